The summed E-state index contributed by atoms with van der Waals surface area (Å²) < 4.78 is 8.31. The van der Waals surface area contributed by atoms with Gasteiger partial charge in [0.05, 0.1) is 12.5 Å². The quantitative estimate of drug-likeness (QED) is 0.393. The van der Waals surface area contributed by atoms with Crippen molar-refractivity contribution >= 4 is 11.9 Å². The summed E-state index contributed by atoms with van der Waals surface area (Å²) in [5, 5.41) is 18.0. The largest absolute Gasteiger partial charge is 0.422 e. The molecule has 1 saturated heterocycles. The Kier molecular flexibility index (Phi) is 2.03. The first kappa shape index (κ1) is 8.95. The molecule has 1 aliphatic rings. The van der Waals surface area contributed by atoms with Crippen LogP contribution in [0.15, 0.2) is 0 Å². The van der Waals surface area contributed by atoms with Crippen LogP contribution in [0.25, 0.3) is 0 Å². The highest BCUT2D eigenvalue weighted by Crippen LogP contribution is 2.22. The Hall–Kier alpha value is -1.14. The number of cyclic esters (lactones) is 2. The molecular weight excluding hydrogens is 168 g/mol. The number of esters is 2. The number of hydrogen-bond donors (Lipinski definition) is 2. The molecule has 0 radical (unpaired) electrons. The lowest BCUT2D eigenvalue weighted by atomic mass is 10.2. The van der Waals surface area contributed by atoms with E-state index in [4.69, 9.17) is 10.2 Å². The zero-order valence-corrected chi connectivity index (χ0v) is 6.31. The van der Waals surface area contributed by atoms with Crippen molar-refractivity contribution in [1.29, 1.82) is 0 Å². The maximum absolute atomic E-state index is 10.4. The summed E-state index contributed by atoms with van der Waals surface area (Å²) in [6, 6.07) is 0. The molecule has 12 heavy (non-hydrogen) atoms. The third-order valence-corrected chi connectivity index (χ3v) is 1.22. The van der Waals surface area contributed by atoms with Crippen molar-refractivity contribution in [3.05, 3.63) is 0 Å². The first-order valence-corrected chi connectivity index (χ1v) is 3.30. The van der Waals surface area contributed by atoms with E-state index >= 15 is 0 Å². The normalized spacial score (nSPS) is 23.2. The van der Waals surface area contributed by atoms with Gasteiger partial charge in [0.25, 0.3) is 0 Å². The summed E-state index contributed by atoms with van der Waals surface area (Å²) in [7, 11) is 0. The van der Waals surface area contributed by atoms with Gasteiger partial charge in [0.1, 0.15) is 0 Å². The second kappa shape index (κ2) is 2.72. The van der Waals surface area contributed by atoms with Crippen molar-refractivity contribution in [3.63, 3.8) is 0 Å². The molecule has 0 aromatic rings. The number of aliphatic hydroxyl groups is 2. The maximum atomic E-state index is 10.4. The molecule has 2 N–H and O–H groups in total. The van der Waals surface area contributed by atoms with E-state index < -0.39 is 24.0 Å². The van der Waals surface area contributed by atoms with Gasteiger partial charge >= 0.3 is 17.9 Å². The molecule has 6 heteroatoms. The van der Waals surface area contributed by atoms with Crippen LogP contribution >= 0.6 is 0 Å². The van der Waals surface area contributed by atoms with Gasteiger partial charge in [-0.25, -0.2) is 9.59 Å². The second-order valence-electron chi connectivity index (χ2n) is 2.54. The Bertz CT molecular complexity index is 204. The highest BCUT2D eigenvalue weighted by atomic mass is 16.9. The van der Waals surface area contributed by atoms with Crippen molar-refractivity contribution in [2.24, 2.45) is 0 Å². The molecule has 1 heterocycles. The van der Waals surface area contributed by atoms with E-state index in [1.807, 2.05) is 0 Å². The van der Waals surface area contributed by atoms with Crippen molar-refractivity contribution in [3.8, 4) is 0 Å². The topological polar surface area (TPSA) is 93.1 Å². The Morgan fingerprint density at radius 3 is 2.17 bits per heavy atom. The fourth-order valence-electron chi connectivity index (χ4n) is 0.851. The van der Waals surface area contributed by atoms with E-state index in [1.165, 1.54) is 6.92 Å². The predicted molar refractivity (Wildman–Crippen MR) is 33.4 cm³/mol. The molecule has 1 unspecified atom stereocenters. The van der Waals surface area contributed by atoms with Crippen LogP contribution in [0, 0.1) is 0 Å². The van der Waals surface area contributed by atoms with Gasteiger partial charge in [-0.15, -0.1) is 0 Å². The fourth-order valence-corrected chi connectivity index (χ4v) is 0.851. The average molecular weight is 176 g/mol. The SMILES string of the molecule is CC(O)CC1(O)OC(=O)C(=O)O1. The molecule has 0 aromatic carbocycles. The van der Waals surface area contributed by atoms with Gasteiger partial charge in [0.2, 0.25) is 0 Å². The molecule has 0 saturated carbocycles. The van der Waals surface area contributed by atoms with Crippen LogP contribution in [0.1, 0.15) is 13.3 Å². The Labute approximate surface area is 67.7 Å². The average Bonchev–Trinajstić information content (AvgIpc) is 2.04. The van der Waals surface area contributed by atoms with E-state index in [-0.39, 0.29) is 6.42 Å². The lowest BCUT2D eigenvalue weighted by Gasteiger charge is -2.18. The number of carbonyl (C=O) groups is 2. The number of rotatable bonds is 2. The lowest BCUT2D eigenvalue weighted by molar-refractivity contribution is -0.301. The number of hydrogen-bond acceptors (Lipinski definition) is 6. The number of carbonyl (C=O) groups excluding carboxylic acids is 2. The van der Waals surface area contributed by atoms with E-state index in [9.17, 15) is 9.59 Å². The Morgan fingerprint density at radius 2 is 1.83 bits per heavy atom. The minimum absolute atomic E-state index is 0.357. The molecule has 0 aliphatic carbocycles. The molecular formula is C6H8O6. The van der Waals surface area contributed by atoms with Gasteiger partial charge in [-0.1, -0.05) is 0 Å². The van der Waals surface area contributed by atoms with Crippen LogP contribution in [0.2, 0.25) is 0 Å². The molecule has 6 nitrogen and oxygen atoms in total. The zero-order valence-electron chi connectivity index (χ0n) is 6.31. The minimum Gasteiger partial charge on any atom is -0.393 e. The van der Waals surface area contributed by atoms with Crippen LogP contribution in [0.4, 0.5) is 0 Å². The van der Waals surface area contributed by atoms with Gasteiger partial charge in [0.15, 0.2) is 0 Å². The molecule has 0 amide bonds. The molecule has 1 rings (SSSR count). The van der Waals surface area contributed by atoms with Gasteiger partial charge in [-0.2, -0.15) is 0 Å². The zero-order chi connectivity index (χ0) is 9.35. The smallest absolute Gasteiger partial charge is 0.393 e. The van der Waals surface area contributed by atoms with Gasteiger partial charge in [-0.3, -0.25) is 0 Å². The number of aliphatic hydroxyl groups excluding tert-OH is 1. The van der Waals surface area contributed by atoms with Gasteiger partial charge in [-0.05, 0) is 6.92 Å². The molecule has 0 bridgehead atoms. The van der Waals surface area contributed by atoms with Gasteiger partial charge < -0.3 is 19.7 Å². The van der Waals surface area contributed by atoms with Crippen LogP contribution in [-0.4, -0.2) is 34.2 Å². The van der Waals surface area contributed by atoms with Gasteiger partial charge in [0, 0.05) is 0 Å². The van der Waals surface area contributed by atoms with Crippen molar-refractivity contribution in [1.82, 2.24) is 0 Å². The standard InChI is InChI=1S/C6H8O6/c1-3(7)2-6(10)11-4(8)5(9)12-6/h3,7,10H,2H2,1H3. The van der Waals surface area contributed by atoms with Crippen molar-refractivity contribution in [2.75, 3.05) is 0 Å². The molecule has 68 valence electrons. The summed E-state index contributed by atoms with van der Waals surface area (Å²) in [5.74, 6) is -4.79. The summed E-state index contributed by atoms with van der Waals surface area (Å²) in [5.41, 5.74) is 0. The van der Waals surface area contributed by atoms with Crippen LogP contribution < -0.4 is 0 Å². The van der Waals surface area contributed by atoms with E-state index in [0.29, 0.717) is 0 Å². The summed E-state index contributed by atoms with van der Waals surface area (Å²) in [4.78, 5) is 20.9. The number of ether oxygens (including phenoxy) is 2. The predicted octanol–water partition coefficient (Wildman–Crippen LogP) is -1.50. The van der Waals surface area contributed by atoms with Crippen molar-refractivity contribution < 1.29 is 29.3 Å². The fraction of sp³-hybridized carbons (Fsp3) is 0.667. The molecule has 0 aromatic heterocycles. The van der Waals surface area contributed by atoms with E-state index in [1.54, 1.807) is 0 Å². The van der Waals surface area contributed by atoms with Crippen molar-refractivity contribution in [2.45, 2.75) is 25.4 Å². The third-order valence-electron chi connectivity index (χ3n) is 1.22. The second-order valence-corrected chi connectivity index (χ2v) is 2.54. The molecule has 1 fully saturated rings. The summed E-state index contributed by atoms with van der Waals surface area (Å²) in [6.07, 6.45) is -1.29. The first-order valence-electron chi connectivity index (χ1n) is 3.30. The highest BCUT2D eigenvalue weighted by molar-refractivity contribution is 6.31. The third kappa shape index (κ3) is 1.72. The monoisotopic (exact) mass is 176 g/mol. The Morgan fingerprint density at radius 1 is 1.42 bits per heavy atom. The summed E-state index contributed by atoms with van der Waals surface area (Å²) in [6.45, 7) is 1.36. The molecule has 0 spiro atoms. The van der Waals surface area contributed by atoms with E-state index in [0.717, 1.165) is 0 Å². The first-order chi connectivity index (χ1) is 5.43. The minimum atomic E-state index is -2.29. The van der Waals surface area contributed by atoms with Crippen LogP contribution in [0.5, 0.6) is 0 Å². The lowest BCUT2D eigenvalue weighted by Crippen LogP contribution is -2.33. The highest BCUT2D eigenvalue weighted by Gasteiger charge is 2.48. The van der Waals surface area contributed by atoms with Crippen LogP contribution in [-0.2, 0) is 19.1 Å². The summed E-state index contributed by atoms with van der Waals surface area (Å²) >= 11 is 0. The Balaban J connectivity index is 2.64. The maximum Gasteiger partial charge on any atom is 0.422 e. The van der Waals surface area contributed by atoms with E-state index in [2.05, 4.69) is 9.47 Å². The van der Waals surface area contributed by atoms with Crippen LogP contribution in [0.3, 0.4) is 0 Å². The molecule has 1 atom stereocenters. The molecule has 1 aliphatic heterocycles.